The first-order valence-electron chi connectivity index (χ1n) is 3.97. The third-order valence-electron chi connectivity index (χ3n) is 1.82. The van der Waals surface area contributed by atoms with Crippen molar-refractivity contribution in [1.82, 2.24) is 0 Å². The van der Waals surface area contributed by atoms with Gasteiger partial charge >= 0.3 is 5.97 Å². The van der Waals surface area contributed by atoms with Crippen LogP contribution < -0.4 is 10.9 Å². The van der Waals surface area contributed by atoms with Crippen LogP contribution in [-0.2, 0) is 14.8 Å². The van der Waals surface area contributed by atoms with Crippen molar-refractivity contribution in [2.75, 3.05) is 12.8 Å². The van der Waals surface area contributed by atoms with Crippen LogP contribution in [0.1, 0.15) is 10.4 Å². The van der Waals surface area contributed by atoms with Gasteiger partial charge in [-0.05, 0) is 12.1 Å². The Bertz CT molecular complexity index is 541. The minimum Gasteiger partial charge on any atom is -0.465 e. The van der Waals surface area contributed by atoms with E-state index in [0.29, 0.717) is 0 Å². The van der Waals surface area contributed by atoms with Crippen LogP contribution in [0.5, 0.6) is 0 Å². The Labute approximate surface area is 97.2 Å². The normalized spacial score (nSPS) is 11.2. The van der Waals surface area contributed by atoms with E-state index in [1.54, 1.807) is 0 Å². The van der Waals surface area contributed by atoms with Crippen molar-refractivity contribution in [3.05, 3.63) is 22.7 Å². The van der Waals surface area contributed by atoms with E-state index in [2.05, 4.69) is 4.74 Å². The number of sulfonamides is 1. The summed E-state index contributed by atoms with van der Waals surface area (Å²) in [5.41, 5.74) is 5.41. The minimum absolute atomic E-state index is 0.0178. The topological polar surface area (TPSA) is 112 Å². The molecule has 0 saturated carbocycles. The summed E-state index contributed by atoms with van der Waals surface area (Å²) in [6.45, 7) is 0. The summed E-state index contributed by atoms with van der Waals surface area (Å²) in [7, 11) is -2.86. The molecule has 88 valence electrons. The number of nitrogens with two attached hydrogens (primary N) is 2. The molecule has 0 saturated heterocycles. The predicted octanol–water partition coefficient (Wildman–Crippen LogP) is 0.356. The van der Waals surface area contributed by atoms with Gasteiger partial charge < -0.3 is 10.5 Å². The van der Waals surface area contributed by atoms with Crippen LogP contribution in [-0.4, -0.2) is 21.5 Å². The van der Waals surface area contributed by atoms with Gasteiger partial charge in [0.15, 0.2) is 0 Å². The maximum atomic E-state index is 11.2. The number of nitrogen functional groups attached to an aromatic ring is 1. The zero-order chi connectivity index (χ0) is 12.5. The highest BCUT2D eigenvalue weighted by Crippen LogP contribution is 2.26. The zero-order valence-corrected chi connectivity index (χ0v) is 9.80. The van der Waals surface area contributed by atoms with Crippen molar-refractivity contribution >= 4 is 33.3 Å². The van der Waals surface area contributed by atoms with Crippen LogP contribution in [0.25, 0.3) is 0 Å². The number of hydrogen-bond donors (Lipinski definition) is 2. The van der Waals surface area contributed by atoms with Crippen LogP contribution >= 0.6 is 11.6 Å². The third-order valence-corrected chi connectivity index (χ3v) is 3.19. The van der Waals surface area contributed by atoms with Crippen molar-refractivity contribution in [2.45, 2.75) is 4.90 Å². The lowest BCUT2D eigenvalue weighted by Gasteiger charge is -2.07. The van der Waals surface area contributed by atoms with Gasteiger partial charge in [-0.15, -0.1) is 0 Å². The summed E-state index contributed by atoms with van der Waals surface area (Å²) in [5, 5.41) is 4.77. The average molecular weight is 265 g/mol. The molecule has 8 heteroatoms. The largest absolute Gasteiger partial charge is 0.465 e. The number of halogens is 1. The molecule has 0 aliphatic heterocycles. The molecule has 0 aromatic heterocycles. The molecule has 0 amide bonds. The van der Waals surface area contributed by atoms with Gasteiger partial charge in [-0.1, -0.05) is 11.6 Å². The summed E-state index contributed by atoms with van der Waals surface area (Å²) in [5.74, 6) is -0.765. The summed E-state index contributed by atoms with van der Waals surface area (Å²) in [4.78, 5) is 10.9. The maximum Gasteiger partial charge on any atom is 0.340 e. The molecule has 1 aromatic rings. The number of rotatable bonds is 2. The first kappa shape index (κ1) is 12.8. The number of benzene rings is 1. The van der Waals surface area contributed by atoms with Crippen LogP contribution in [0.4, 0.5) is 5.69 Å². The van der Waals surface area contributed by atoms with E-state index in [-0.39, 0.29) is 21.2 Å². The highest BCUT2D eigenvalue weighted by molar-refractivity contribution is 7.89. The van der Waals surface area contributed by atoms with E-state index in [9.17, 15) is 13.2 Å². The lowest BCUT2D eigenvalue weighted by Crippen LogP contribution is -2.15. The average Bonchev–Trinajstić information content (AvgIpc) is 2.14. The minimum atomic E-state index is -4.01. The number of ether oxygens (including phenoxy) is 1. The molecule has 0 fully saturated rings. The highest BCUT2D eigenvalue weighted by atomic mass is 35.5. The van der Waals surface area contributed by atoms with Crippen molar-refractivity contribution in [1.29, 1.82) is 0 Å². The zero-order valence-electron chi connectivity index (χ0n) is 8.23. The second kappa shape index (κ2) is 4.28. The Kier molecular flexibility index (Phi) is 3.41. The predicted molar refractivity (Wildman–Crippen MR) is 58.6 cm³/mol. The Morgan fingerprint density at radius 2 is 2.00 bits per heavy atom. The smallest absolute Gasteiger partial charge is 0.340 e. The molecule has 1 aromatic carbocycles. The lowest BCUT2D eigenvalue weighted by molar-refractivity contribution is 0.0601. The molecule has 0 aliphatic carbocycles. The van der Waals surface area contributed by atoms with Gasteiger partial charge in [0.1, 0.15) is 4.90 Å². The van der Waals surface area contributed by atoms with E-state index in [4.69, 9.17) is 22.5 Å². The van der Waals surface area contributed by atoms with Gasteiger partial charge in [0.05, 0.1) is 17.7 Å². The molecule has 4 N–H and O–H groups in total. The molecule has 0 bridgehead atoms. The highest BCUT2D eigenvalue weighted by Gasteiger charge is 2.19. The molecule has 6 nitrogen and oxygen atoms in total. The fourth-order valence-corrected chi connectivity index (χ4v) is 2.18. The van der Waals surface area contributed by atoms with E-state index in [1.807, 2.05) is 0 Å². The molecule has 0 heterocycles. The van der Waals surface area contributed by atoms with E-state index in [1.165, 1.54) is 0 Å². The molecular formula is C8H9ClN2O4S. The number of carbonyl (C=O) groups is 1. The maximum absolute atomic E-state index is 11.2. The Hall–Kier alpha value is -1.31. The van der Waals surface area contributed by atoms with Crippen LogP contribution in [0.3, 0.4) is 0 Å². The first-order chi connectivity index (χ1) is 7.27. The SMILES string of the molecule is COC(=O)c1cc(S(N)(=O)=O)c(Cl)cc1N. The molecule has 1 rings (SSSR count). The molecule has 0 unspecified atom stereocenters. The van der Waals surface area contributed by atoms with Gasteiger partial charge in [0, 0.05) is 5.69 Å². The van der Waals surface area contributed by atoms with Crippen LogP contribution in [0, 0.1) is 0 Å². The molecular weight excluding hydrogens is 256 g/mol. The van der Waals surface area contributed by atoms with Crippen molar-refractivity contribution < 1.29 is 17.9 Å². The number of esters is 1. The van der Waals surface area contributed by atoms with Gasteiger partial charge in [0.25, 0.3) is 0 Å². The number of anilines is 1. The number of carbonyl (C=O) groups excluding carboxylic acids is 1. The van der Waals surface area contributed by atoms with E-state index < -0.39 is 16.0 Å². The number of methoxy groups -OCH3 is 1. The Morgan fingerprint density at radius 1 is 1.44 bits per heavy atom. The summed E-state index contributed by atoms with van der Waals surface area (Å²) < 4.78 is 26.7. The van der Waals surface area contributed by atoms with Crippen molar-refractivity contribution in [2.24, 2.45) is 5.14 Å². The summed E-state index contributed by atoms with van der Waals surface area (Å²) >= 11 is 5.64. The third kappa shape index (κ3) is 2.43. The molecule has 0 atom stereocenters. The van der Waals surface area contributed by atoms with Crippen molar-refractivity contribution in [3.8, 4) is 0 Å². The molecule has 0 aliphatic rings. The summed E-state index contributed by atoms with van der Waals surface area (Å²) in [6.07, 6.45) is 0. The van der Waals surface area contributed by atoms with Crippen LogP contribution in [0.2, 0.25) is 5.02 Å². The van der Waals surface area contributed by atoms with Gasteiger partial charge in [-0.3, -0.25) is 0 Å². The molecule has 16 heavy (non-hydrogen) atoms. The Balaban J connectivity index is 3.51. The monoisotopic (exact) mass is 264 g/mol. The van der Waals surface area contributed by atoms with E-state index >= 15 is 0 Å². The first-order valence-corrected chi connectivity index (χ1v) is 5.90. The quantitative estimate of drug-likeness (QED) is 0.591. The van der Waals surface area contributed by atoms with Gasteiger partial charge in [-0.2, -0.15) is 0 Å². The van der Waals surface area contributed by atoms with E-state index in [0.717, 1.165) is 19.2 Å². The summed E-state index contributed by atoms with van der Waals surface area (Å²) in [6, 6.07) is 2.12. The molecule has 0 spiro atoms. The second-order valence-corrected chi connectivity index (χ2v) is 4.84. The fraction of sp³-hybridized carbons (Fsp3) is 0.125. The Morgan fingerprint density at radius 3 is 2.44 bits per heavy atom. The lowest BCUT2D eigenvalue weighted by atomic mass is 10.2. The van der Waals surface area contributed by atoms with Gasteiger partial charge in [0.2, 0.25) is 10.0 Å². The number of primary sulfonamides is 1. The van der Waals surface area contributed by atoms with Crippen LogP contribution in [0.15, 0.2) is 17.0 Å². The second-order valence-electron chi connectivity index (χ2n) is 2.91. The fourth-order valence-electron chi connectivity index (χ4n) is 1.07. The molecule has 0 radical (unpaired) electrons. The standard InChI is InChI=1S/C8H9ClN2O4S/c1-15-8(12)4-2-7(16(11,13)14)5(9)3-6(4)10/h2-3H,10H2,1H3,(H2,11,13,14). The van der Waals surface area contributed by atoms with Gasteiger partial charge in [-0.25, -0.2) is 18.4 Å². The number of hydrogen-bond acceptors (Lipinski definition) is 5. The van der Waals surface area contributed by atoms with Crippen molar-refractivity contribution in [3.63, 3.8) is 0 Å².